The van der Waals surface area contributed by atoms with Crippen LogP contribution in [0.4, 0.5) is 4.79 Å². The van der Waals surface area contributed by atoms with Crippen molar-refractivity contribution in [3.8, 4) is 11.8 Å². The SMILES string of the molecule is CC#CCCCCN(CC1=CN(C(=O)OC(C)(C)C)[C@@H](CO[Si](C(C)C)(C(C)C)C(C)C)C1)C(=O)CC(=O)OC. The summed E-state index contributed by atoms with van der Waals surface area (Å²) in [5.41, 5.74) is 1.53. The minimum absolute atomic E-state index is 0.231. The summed E-state index contributed by atoms with van der Waals surface area (Å²) >= 11 is 0. The summed E-state index contributed by atoms with van der Waals surface area (Å²) in [6.45, 7) is 22.0. The summed E-state index contributed by atoms with van der Waals surface area (Å²) in [5.74, 6) is 5.09. The third kappa shape index (κ3) is 10.6. The molecule has 1 aliphatic heterocycles. The lowest BCUT2D eigenvalue weighted by Crippen LogP contribution is -2.50. The van der Waals surface area contributed by atoms with Crippen molar-refractivity contribution in [2.45, 2.75) is 130 Å². The molecule has 1 atom stereocenters. The minimum Gasteiger partial charge on any atom is -0.469 e. The number of hydrogen-bond donors (Lipinski definition) is 0. The molecule has 0 fully saturated rings. The van der Waals surface area contributed by atoms with Crippen LogP contribution >= 0.6 is 0 Å². The zero-order valence-electron chi connectivity index (χ0n) is 26.9. The fourth-order valence-electron chi connectivity index (χ4n) is 5.74. The van der Waals surface area contributed by atoms with E-state index in [1.165, 1.54) is 7.11 Å². The first-order valence-corrected chi connectivity index (χ1v) is 16.8. The maximum Gasteiger partial charge on any atom is 0.414 e. The van der Waals surface area contributed by atoms with Crippen molar-refractivity contribution in [2.75, 3.05) is 26.8 Å². The molecule has 9 heteroatoms. The Morgan fingerprint density at radius 2 is 1.68 bits per heavy atom. The second-order valence-corrected chi connectivity index (χ2v) is 18.1. The average molecular weight is 579 g/mol. The van der Waals surface area contributed by atoms with Gasteiger partial charge < -0.3 is 18.8 Å². The number of amides is 2. The van der Waals surface area contributed by atoms with E-state index in [9.17, 15) is 14.4 Å². The Bertz CT molecular complexity index is 920. The number of hydrogen-bond acceptors (Lipinski definition) is 6. The molecule has 0 aromatic rings. The van der Waals surface area contributed by atoms with E-state index in [1.54, 1.807) is 9.80 Å². The second-order valence-electron chi connectivity index (χ2n) is 12.6. The van der Waals surface area contributed by atoms with Crippen LogP contribution in [0.15, 0.2) is 11.8 Å². The van der Waals surface area contributed by atoms with Crippen molar-refractivity contribution in [1.82, 2.24) is 9.80 Å². The molecule has 1 rings (SSSR count). The van der Waals surface area contributed by atoms with Gasteiger partial charge in [-0.2, -0.15) is 0 Å². The first-order chi connectivity index (χ1) is 18.6. The fourth-order valence-corrected chi connectivity index (χ4v) is 11.2. The van der Waals surface area contributed by atoms with Crippen LogP contribution < -0.4 is 0 Å². The van der Waals surface area contributed by atoms with Gasteiger partial charge in [0.05, 0.1) is 19.8 Å². The number of esters is 1. The van der Waals surface area contributed by atoms with Crippen LogP contribution in [-0.4, -0.2) is 74.5 Å². The van der Waals surface area contributed by atoms with Gasteiger partial charge in [0.1, 0.15) is 12.0 Å². The Hall–Kier alpha value is -2.31. The van der Waals surface area contributed by atoms with Crippen LogP contribution in [0.1, 0.15) is 101 Å². The minimum atomic E-state index is -2.16. The highest BCUT2D eigenvalue weighted by Crippen LogP contribution is 2.43. The molecule has 0 radical (unpaired) electrons. The summed E-state index contributed by atoms with van der Waals surface area (Å²) in [6, 6.07) is -0.231. The molecule has 1 aliphatic rings. The highest BCUT2D eigenvalue weighted by atomic mass is 28.4. The standard InChI is InChI=1S/C31H54N2O6Si/c1-12-13-14-15-16-17-32(28(34)19-29(35)37-11)20-26-18-27(33(21-26)30(36)39-31(8,9)10)22-38-40(23(2)3,24(4)5)25(6)7/h21,23-25,27H,14-20,22H2,1-11H3/t27-/m1/s1. The summed E-state index contributed by atoms with van der Waals surface area (Å²) in [4.78, 5) is 41.5. The summed E-state index contributed by atoms with van der Waals surface area (Å²) in [7, 11) is -0.880. The topological polar surface area (TPSA) is 85.4 Å². The van der Waals surface area contributed by atoms with Crippen molar-refractivity contribution >= 4 is 26.3 Å². The smallest absolute Gasteiger partial charge is 0.414 e. The van der Waals surface area contributed by atoms with Crippen LogP contribution in [0.3, 0.4) is 0 Å². The molecule has 0 aromatic carbocycles. The zero-order chi connectivity index (χ0) is 30.7. The van der Waals surface area contributed by atoms with Gasteiger partial charge in [-0.25, -0.2) is 4.79 Å². The molecule has 0 spiro atoms. The molecule has 0 saturated heterocycles. The van der Waals surface area contributed by atoms with Gasteiger partial charge in [0.2, 0.25) is 5.91 Å². The van der Waals surface area contributed by atoms with E-state index in [-0.39, 0.29) is 18.4 Å². The maximum absolute atomic E-state index is 13.3. The van der Waals surface area contributed by atoms with E-state index in [0.717, 1.165) is 24.8 Å². The molecule has 0 aromatic heterocycles. The molecule has 228 valence electrons. The Morgan fingerprint density at radius 3 is 2.17 bits per heavy atom. The normalized spacial score (nSPS) is 15.7. The van der Waals surface area contributed by atoms with Gasteiger partial charge in [-0.15, -0.1) is 11.8 Å². The molecule has 40 heavy (non-hydrogen) atoms. The molecule has 0 N–H and O–H groups in total. The third-order valence-electron chi connectivity index (χ3n) is 7.48. The molecule has 8 nitrogen and oxygen atoms in total. The Balaban J connectivity index is 3.22. The van der Waals surface area contributed by atoms with Gasteiger partial charge in [-0.05, 0) is 69.2 Å². The van der Waals surface area contributed by atoms with E-state index in [2.05, 4.69) is 53.4 Å². The van der Waals surface area contributed by atoms with Crippen molar-refractivity contribution in [1.29, 1.82) is 0 Å². The van der Waals surface area contributed by atoms with Crippen LogP contribution in [0, 0.1) is 11.8 Å². The lowest BCUT2D eigenvalue weighted by molar-refractivity contribution is -0.146. The zero-order valence-corrected chi connectivity index (χ0v) is 27.9. The van der Waals surface area contributed by atoms with Gasteiger partial charge in [-0.3, -0.25) is 14.5 Å². The summed E-state index contributed by atoms with van der Waals surface area (Å²) in [5, 5.41) is 0. The van der Waals surface area contributed by atoms with E-state index in [0.29, 0.717) is 42.7 Å². The van der Waals surface area contributed by atoms with Gasteiger partial charge in [-0.1, -0.05) is 41.5 Å². The van der Waals surface area contributed by atoms with Gasteiger partial charge >= 0.3 is 12.1 Å². The Labute approximate surface area is 244 Å². The maximum atomic E-state index is 13.3. The van der Waals surface area contributed by atoms with E-state index < -0.39 is 26.0 Å². The van der Waals surface area contributed by atoms with Crippen LogP contribution in [-0.2, 0) is 23.5 Å². The average Bonchev–Trinajstić information content (AvgIpc) is 3.24. The van der Waals surface area contributed by atoms with Crippen molar-refractivity contribution < 1.29 is 28.3 Å². The quantitative estimate of drug-likeness (QED) is 0.0754. The van der Waals surface area contributed by atoms with E-state index in [1.807, 2.05) is 33.9 Å². The first-order valence-electron chi connectivity index (χ1n) is 14.7. The fraction of sp³-hybridized carbons (Fsp3) is 0.774. The van der Waals surface area contributed by atoms with Crippen LogP contribution in [0.5, 0.6) is 0 Å². The van der Waals surface area contributed by atoms with E-state index in [4.69, 9.17) is 13.9 Å². The number of carbonyl (C=O) groups is 3. The Morgan fingerprint density at radius 1 is 1.07 bits per heavy atom. The lowest BCUT2D eigenvalue weighted by atomic mass is 10.1. The first kappa shape index (κ1) is 35.7. The summed E-state index contributed by atoms with van der Waals surface area (Å²) in [6.07, 6.45) is 4.03. The Kier molecular flexibility index (Phi) is 14.5. The number of carbonyl (C=O) groups excluding carboxylic acids is 3. The molecule has 0 saturated carbocycles. The molecule has 0 bridgehead atoms. The van der Waals surface area contributed by atoms with E-state index >= 15 is 0 Å². The highest BCUT2D eigenvalue weighted by Gasteiger charge is 2.46. The van der Waals surface area contributed by atoms with Gasteiger partial charge in [0.15, 0.2) is 8.32 Å². The van der Waals surface area contributed by atoms with Crippen molar-refractivity contribution in [3.63, 3.8) is 0 Å². The monoisotopic (exact) mass is 578 g/mol. The molecule has 0 unspecified atom stereocenters. The number of rotatable bonds is 14. The molecule has 2 amide bonds. The van der Waals surface area contributed by atoms with Crippen LogP contribution in [0.25, 0.3) is 0 Å². The van der Waals surface area contributed by atoms with Crippen LogP contribution in [0.2, 0.25) is 16.6 Å². The largest absolute Gasteiger partial charge is 0.469 e. The highest BCUT2D eigenvalue weighted by molar-refractivity contribution is 6.77. The molecular weight excluding hydrogens is 524 g/mol. The van der Waals surface area contributed by atoms with Crippen molar-refractivity contribution in [3.05, 3.63) is 11.8 Å². The summed E-state index contributed by atoms with van der Waals surface area (Å²) < 4.78 is 17.4. The molecule has 0 aliphatic carbocycles. The number of nitrogens with zero attached hydrogens (tertiary/aromatic N) is 2. The lowest BCUT2D eigenvalue weighted by Gasteiger charge is -2.43. The predicted molar refractivity (Wildman–Crippen MR) is 162 cm³/mol. The third-order valence-corrected chi connectivity index (χ3v) is 13.6. The van der Waals surface area contributed by atoms with Crippen molar-refractivity contribution in [2.24, 2.45) is 0 Å². The molecular formula is C31H54N2O6Si. The van der Waals surface area contributed by atoms with Gasteiger partial charge in [0, 0.05) is 25.7 Å². The number of unbranched alkanes of at least 4 members (excludes halogenated alkanes) is 2. The second kappa shape index (κ2) is 16.2. The number of ether oxygens (including phenoxy) is 2. The van der Waals surface area contributed by atoms with Gasteiger partial charge in [0.25, 0.3) is 0 Å². The number of methoxy groups -OCH3 is 1. The predicted octanol–water partition coefficient (Wildman–Crippen LogP) is 6.66. The molecule has 1 heterocycles.